The van der Waals surface area contributed by atoms with Crippen molar-refractivity contribution in [3.05, 3.63) is 42.1 Å². The van der Waals surface area contributed by atoms with Gasteiger partial charge in [-0.2, -0.15) is 0 Å². The maximum Gasteiger partial charge on any atom is 0.166 e. The molecule has 0 bridgehead atoms. The van der Waals surface area contributed by atoms with Gasteiger partial charge in [0.15, 0.2) is 5.78 Å². The van der Waals surface area contributed by atoms with E-state index in [9.17, 15) is 4.79 Å². The maximum atomic E-state index is 11.7. The lowest BCUT2D eigenvalue weighted by atomic mass is 10.0. The number of rotatable bonds is 2. The SMILES string of the molecule is CC(C)C(=O)c1cnc2ccccc2c1. The molecule has 2 nitrogen and oxygen atoms in total. The van der Waals surface area contributed by atoms with E-state index >= 15 is 0 Å². The molecule has 2 aromatic rings. The summed E-state index contributed by atoms with van der Waals surface area (Å²) in [5.41, 5.74) is 1.63. The van der Waals surface area contributed by atoms with Crippen LogP contribution in [0.4, 0.5) is 0 Å². The van der Waals surface area contributed by atoms with Crippen molar-refractivity contribution in [1.29, 1.82) is 0 Å². The van der Waals surface area contributed by atoms with Gasteiger partial charge in [0.25, 0.3) is 0 Å². The molecule has 1 aromatic carbocycles. The standard InChI is InChI=1S/C13H13NO/c1-9(2)13(15)11-7-10-5-3-4-6-12(10)14-8-11/h3-9H,1-2H3. The number of hydrogen-bond donors (Lipinski definition) is 0. The van der Waals surface area contributed by atoms with Crippen molar-refractivity contribution in [3.8, 4) is 0 Å². The Hall–Kier alpha value is -1.70. The Kier molecular flexibility index (Phi) is 2.50. The highest BCUT2D eigenvalue weighted by molar-refractivity contribution is 5.99. The lowest BCUT2D eigenvalue weighted by Gasteiger charge is -2.04. The summed E-state index contributed by atoms with van der Waals surface area (Å²) in [7, 11) is 0. The molecule has 1 aromatic heterocycles. The van der Waals surface area contributed by atoms with Crippen molar-refractivity contribution in [3.63, 3.8) is 0 Å². The number of aromatic nitrogens is 1. The van der Waals surface area contributed by atoms with Gasteiger partial charge in [-0.3, -0.25) is 9.78 Å². The Bertz CT molecular complexity index is 503. The molecule has 2 heteroatoms. The van der Waals surface area contributed by atoms with Crippen LogP contribution in [0.1, 0.15) is 24.2 Å². The molecule has 0 radical (unpaired) electrons. The average Bonchev–Trinajstić information content (AvgIpc) is 2.27. The van der Waals surface area contributed by atoms with Gasteiger partial charge in [-0.05, 0) is 12.1 Å². The summed E-state index contributed by atoms with van der Waals surface area (Å²) >= 11 is 0. The summed E-state index contributed by atoms with van der Waals surface area (Å²) in [5, 5.41) is 1.02. The van der Waals surface area contributed by atoms with Crippen LogP contribution in [-0.4, -0.2) is 10.8 Å². The van der Waals surface area contributed by atoms with Gasteiger partial charge >= 0.3 is 0 Å². The van der Waals surface area contributed by atoms with E-state index in [-0.39, 0.29) is 11.7 Å². The van der Waals surface area contributed by atoms with Crippen LogP contribution in [0.5, 0.6) is 0 Å². The first kappa shape index (κ1) is 9.84. The quantitative estimate of drug-likeness (QED) is 0.696. The lowest BCUT2D eigenvalue weighted by molar-refractivity contribution is 0.0939. The molecular formula is C13H13NO. The van der Waals surface area contributed by atoms with Crippen LogP contribution >= 0.6 is 0 Å². The molecule has 0 aliphatic carbocycles. The van der Waals surface area contributed by atoms with Gasteiger partial charge in [-0.25, -0.2) is 0 Å². The number of fused-ring (bicyclic) bond motifs is 1. The zero-order valence-corrected chi connectivity index (χ0v) is 8.90. The van der Waals surface area contributed by atoms with Crippen LogP contribution < -0.4 is 0 Å². The Balaban J connectivity index is 2.52. The first-order chi connectivity index (χ1) is 7.18. The summed E-state index contributed by atoms with van der Waals surface area (Å²) in [6.07, 6.45) is 1.66. The van der Waals surface area contributed by atoms with Crippen LogP contribution in [0.2, 0.25) is 0 Å². The second-order valence-corrected chi connectivity index (χ2v) is 3.94. The van der Waals surface area contributed by atoms with Crippen molar-refractivity contribution in [2.75, 3.05) is 0 Å². The minimum absolute atomic E-state index is 0.0213. The Labute approximate surface area is 89.0 Å². The molecule has 0 aliphatic rings. The van der Waals surface area contributed by atoms with Gasteiger partial charge in [0.05, 0.1) is 5.52 Å². The molecule has 0 N–H and O–H groups in total. The predicted molar refractivity (Wildman–Crippen MR) is 60.9 cm³/mol. The average molecular weight is 199 g/mol. The van der Waals surface area contributed by atoms with E-state index in [1.807, 2.05) is 44.2 Å². The topological polar surface area (TPSA) is 30.0 Å². The van der Waals surface area contributed by atoms with E-state index in [0.717, 1.165) is 10.9 Å². The lowest BCUT2D eigenvalue weighted by Crippen LogP contribution is -2.07. The number of carbonyl (C=O) groups is 1. The number of hydrogen-bond acceptors (Lipinski definition) is 2. The number of nitrogens with zero attached hydrogens (tertiary/aromatic N) is 1. The molecule has 76 valence electrons. The van der Waals surface area contributed by atoms with Crippen molar-refractivity contribution in [2.24, 2.45) is 5.92 Å². The molecule has 0 atom stereocenters. The minimum Gasteiger partial charge on any atom is -0.294 e. The van der Waals surface area contributed by atoms with Gasteiger partial charge in [-0.15, -0.1) is 0 Å². The largest absolute Gasteiger partial charge is 0.294 e. The summed E-state index contributed by atoms with van der Waals surface area (Å²) < 4.78 is 0. The summed E-state index contributed by atoms with van der Waals surface area (Å²) in [5.74, 6) is 0.168. The fraction of sp³-hybridized carbons (Fsp3) is 0.231. The fourth-order valence-corrected chi connectivity index (χ4v) is 1.54. The van der Waals surface area contributed by atoms with Gasteiger partial charge in [0.1, 0.15) is 0 Å². The molecule has 0 fully saturated rings. The van der Waals surface area contributed by atoms with E-state index in [2.05, 4.69) is 4.98 Å². The first-order valence-corrected chi connectivity index (χ1v) is 5.07. The number of pyridine rings is 1. The normalized spacial score (nSPS) is 10.9. The van der Waals surface area contributed by atoms with E-state index in [1.54, 1.807) is 6.20 Å². The van der Waals surface area contributed by atoms with Crippen molar-refractivity contribution in [2.45, 2.75) is 13.8 Å². The van der Waals surface area contributed by atoms with Crippen LogP contribution in [0.25, 0.3) is 10.9 Å². The van der Waals surface area contributed by atoms with E-state index in [1.165, 1.54) is 0 Å². The Morgan fingerprint density at radius 2 is 2.00 bits per heavy atom. The summed E-state index contributed by atoms with van der Waals surface area (Å²) in [4.78, 5) is 16.0. The molecule has 0 spiro atoms. The summed E-state index contributed by atoms with van der Waals surface area (Å²) in [6.45, 7) is 3.80. The molecule has 0 unspecified atom stereocenters. The zero-order chi connectivity index (χ0) is 10.8. The van der Waals surface area contributed by atoms with Crippen molar-refractivity contribution >= 4 is 16.7 Å². The van der Waals surface area contributed by atoms with E-state index in [0.29, 0.717) is 5.56 Å². The molecule has 2 rings (SSSR count). The number of benzene rings is 1. The monoisotopic (exact) mass is 199 g/mol. The van der Waals surface area contributed by atoms with Gasteiger partial charge < -0.3 is 0 Å². The third-order valence-electron chi connectivity index (χ3n) is 2.40. The number of para-hydroxylation sites is 1. The smallest absolute Gasteiger partial charge is 0.166 e. The molecule has 0 aliphatic heterocycles. The molecule has 0 saturated heterocycles. The molecule has 0 amide bonds. The third-order valence-corrected chi connectivity index (χ3v) is 2.40. The Morgan fingerprint density at radius 3 is 2.73 bits per heavy atom. The van der Waals surface area contributed by atoms with Gasteiger partial charge in [0.2, 0.25) is 0 Å². The second-order valence-electron chi connectivity index (χ2n) is 3.94. The van der Waals surface area contributed by atoms with Gasteiger partial charge in [0, 0.05) is 23.1 Å². The van der Waals surface area contributed by atoms with Crippen LogP contribution in [-0.2, 0) is 0 Å². The highest BCUT2D eigenvalue weighted by atomic mass is 16.1. The predicted octanol–water partition coefficient (Wildman–Crippen LogP) is 3.07. The van der Waals surface area contributed by atoms with Crippen LogP contribution in [0.15, 0.2) is 36.5 Å². The number of carbonyl (C=O) groups excluding carboxylic acids is 1. The van der Waals surface area contributed by atoms with Crippen molar-refractivity contribution in [1.82, 2.24) is 4.98 Å². The second kappa shape index (κ2) is 3.81. The molecule has 1 heterocycles. The highest BCUT2D eigenvalue weighted by Crippen LogP contribution is 2.15. The Morgan fingerprint density at radius 1 is 1.27 bits per heavy atom. The maximum absolute atomic E-state index is 11.7. The molecule has 15 heavy (non-hydrogen) atoms. The molecular weight excluding hydrogens is 186 g/mol. The molecule has 0 saturated carbocycles. The highest BCUT2D eigenvalue weighted by Gasteiger charge is 2.10. The van der Waals surface area contributed by atoms with Crippen LogP contribution in [0.3, 0.4) is 0 Å². The third kappa shape index (κ3) is 1.89. The number of ketones is 1. The van der Waals surface area contributed by atoms with Crippen LogP contribution in [0, 0.1) is 5.92 Å². The first-order valence-electron chi connectivity index (χ1n) is 5.07. The van der Waals surface area contributed by atoms with E-state index in [4.69, 9.17) is 0 Å². The summed E-state index contributed by atoms with van der Waals surface area (Å²) in [6, 6.07) is 9.72. The van der Waals surface area contributed by atoms with Crippen molar-refractivity contribution < 1.29 is 4.79 Å². The van der Waals surface area contributed by atoms with E-state index < -0.39 is 0 Å². The minimum atomic E-state index is 0.0213. The van der Waals surface area contributed by atoms with Gasteiger partial charge in [-0.1, -0.05) is 32.0 Å². The zero-order valence-electron chi connectivity index (χ0n) is 8.90. The number of Topliss-reactive ketones (excluding diaryl/α,β-unsaturated/α-hetero) is 1. The fourth-order valence-electron chi connectivity index (χ4n) is 1.54.